The third kappa shape index (κ3) is 3.94. The van der Waals surface area contributed by atoms with E-state index in [1.165, 1.54) is 12.3 Å². The maximum atomic E-state index is 12.7. The molecule has 2 aliphatic heterocycles. The van der Waals surface area contributed by atoms with Crippen LogP contribution in [0.4, 0.5) is 0 Å². The first kappa shape index (κ1) is 23.3. The Morgan fingerprint density at radius 3 is 2.74 bits per heavy atom. The van der Waals surface area contributed by atoms with Crippen LogP contribution in [0.1, 0.15) is 48.1 Å². The van der Waals surface area contributed by atoms with E-state index in [1.807, 2.05) is 49.9 Å². The molecule has 5 rings (SSSR count). The van der Waals surface area contributed by atoms with Crippen molar-refractivity contribution in [3.8, 4) is 28.3 Å². The Hall–Kier alpha value is -3.43. The van der Waals surface area contributed by atoms with Gasteiger partial charge in [-0.1, -0.05) is 0 Å². The lowest BCUT2D eigenvalue weighted by Crippen LogP contribution is -2.36. The number of carbonyl (C=O) groups is 1. The Balaban J connectivity index is 1.73. The predicted molar refractivity (Wildman–Crippen MR) is 129 cm³/mol. The molecule has 9 heteroatoms. The Morgan fingerprint density at radius 2 is 2.06 bits per heavy atom. The van der Waals surface area contributed by atoms with Gasteiger partial charge in [0.1, 0.15) is 11.3 Å². The summed E-state index contributed by atoms with van der Waals surface area (Å²) >= 11 is 0. The predicted octanol–water partition coefficient (Wildman–Crippen LogP) is 3.48. The number of hydrogen-bond acceptors (Lipinski definition) is 6. The zero-order valence-corrected chi connectivity index (χ0v) is 20.3. The first-order chi connectivity index (χ1) is 16.7. The van der Waals surface area contributed by atoms with E-state index in [9.17, 15) is 14.7 Å². The van der Waals surface area contributed by atoms with Crippen molar-refractivity contribution in [3.05, 3.63) is 58.0 Å². The van der Waals surface area contributed by atoms with Gasteiger partial charge in [-0.15, -0.1) is 0 Å². The summed E-state index contributed by atoms with van der Waals surface area (Å²) in [4.78, 5) is 24.5. The molecule has 4 heterocycles. The molecule has 9 nitrogen and oxygen atoms in total. The number of hydrogen-bond donors (Lipinski definition) is 1. The first-order valence-corrected chi connectivity index (χ1v) is 11.6. The summed E-state index contributed by atoms with van der Waals surface area (Å²) in [6, 6.07) is 7.20. The molecule has 0 radical (unpaired) electrons. The summed E-state index contributed by atoms with van der Waals surface area (Å²) in [5.41, 5.74) is 2.76. The molecular formula is C26H29N3O6. The largest absolute Gasteiger partial charge is 0.493 e. The van der Waals surface area contributed by atoms with Gasteiger partial charge < -0.3 is 23.9 Å². The monoisotopic (exact) mass is 479 g/mol. The van der Waals surface area contributed by atoms with E-state index in [0.29, 0.717) is 31.3 Å². The molecule has 3 aromatic rings. The Morgan fingerprint density at radius 1 is 1.26 bits per heavy atom. The molecular weight excluding hydrogens is 450 g/mol. The van der Waals surface area contributed by atoms with E-state index in [-0.39, 0.29) is 17.5 Å². The van der Waals surface area contributed by atoms with Crippen molar-refractivity contribution in [3.63, 3.8) is 0 Å². The van der Waals surface area contributed by atoms with Crippen LogP contribution in [0, 0.1) is 0 Å². The Labute approximate surface area is 202 Å². The summed E-state index contributed by atoms with van der Waals surface area (Å²) in [6.45, 7) is 5.55. The van der Waals surface area contributed by atoms with Gasteiger partial charge in [0, 0.05) is 62.7 Å². The Bertz CT molecular complexity index is 1360. The molecule has 1 N–H and O–H groups in total. The summed E-state index contributed by atoms with van der Waals surface area (Å²) in [5, 5.41) is 14.2. The topological polar surface area (TPSA) is 105 Å². The maximum Gasteiger partial charge on any atom is 0.341 e. The summed E-state index contributed by atoms with van der Waals surface area (Å²) in [7, 11) is 3.52. The van der Waals surface area contributed by atoms with Gasteiger partial charge in [0.25, 0.3) is 0 Å². The van der Waals surface area contributed by atoms with Gasteiger partial charge in [-0.05, 0) is 37.6 Å². The lowest BCUT2D eigenvalue weighted by atomic mass is 9.78. The van der Waals surface area contributed by atoms with Gasteiger partial charge >= 0.3 is 5.97 Å². The number of nitrogens with zero attached hydrogens (tertiary/aromatic N) is 3. The number of fused-ring (bicyclic) bond motifs is 6. The second-order valence-electron chi connectivity index (χ2n) is 9.62. The number of rotatable bonds is 7. The van der Waals surface area contributed by atoms with E-state index < -0.39 is 17.0 Å². The van der Waals surface area contributed by atoms with Crippen LogP contribution in [-0.2, 0) is 16.5 Å². The van der Waals surface area contributed by atoms with Crippen molar-refractivity contribution < 1.29 is 24.1 Å². The number of ether oxygens (including phenoxy) is 3. The van der Waals surface area contributed by atoms with Crippen LogP contribution in [0.15, 0.2) is 41.5 Å². The molecule has 35 heavy (non-hydrogen) atoms. The standard InChI is InChI=1S/C26H29N3O6/c1-26(2)24-19(14-35-26)15-11-23(34-9-5-8-33-4)17(20-6-7-28(3)27-20)10-16(15)21-12-22(30)18(25(31)32)13-29(21)24/h6-7,10-13,19,24H,5,8-9,14H2,1-4H3,(H,31,32)/t19-,24+/m1/s1. The molecule has 0 saturated carbocycles. The molecule has 1 fully saturated rings. The van der Waals surface area contributed by atoms with Gasteiger partial charge in [0.2, 0.25) is 0 Å². The molecule has 184 valence electrons. The average Bonchev–Trinajstić information content (AvgIpc) is 3.38. The Kier molecular flexibility index (Phi) is 5.77. The highest BCUT2D eigenvalue weighted by Gasteiger charge is 2.49. The van der Waals surface area contributed by atoms with Crippen molar-refractivity contribution in [1.82, 2.24) is 14.3 Å². The molecule has 1 aromatic carbocycles. The van der Waals surface area contributed by atoms with Crippen molar-refractivity contribution in [2.75, 3.05) is 26.9 Å². The van der Waals surface area contributed by atoms with Crippen LogP contribution in [0.5, 0.6) is 5.75 Å². The third-order valence-corrected chi connectivity index (χ3v) is 6.91. The quantitative estimate of drug-likeness (QED) is 0.517. The molecule has 0 spiro atoms. The molecule has 1 saturated heterocycles. The van der Waals surface area contributed by atoms with Crippen molar-refractivity contribution in [2.24, 2.45) is 7.05 Å². The van der Waals surface area contributed by atoms with Gasteiger partial charge in [-0.25, -0.2) is 4.79 Å². The van der Waals surface area contributed by atoms with Crippen LogP contribution in [-0.4, -0.2) is 58.0 Å². The minimum Gasteiger partial charge on any atom is -0.493 e. The van der Waals surface area contributed by atoms with E-state index in [4.69, 9.17) is 14.2 Å². The fourth-order valence-corrected chi connectivity index (χ4v) is 5.30. The molecule has 0 amide bonds. The molecule has 0 aliphatic carbocycles. The molecule has 0 bridgehead atoms. The molecule has 2 aliphatic rings. The lowest BCUT2D eigenvalue weighted by Gasteiger charge is -2.38. The van der Waals surface area contributed by atoms with E-state index >= 15 is 0 Å². The highest BCUT2D eigenvalue weighted by atomic mass is 16.5. The first-order valence-electron chi connectivity index (χ1n) is 11.6. The van der Waals surface area contributed by atoms with Gasteiger partial charge in [0.05, 0.1) is 36.2 Å². The number of pyridine rings is 1. The average molecular weight is 480 g/mol. The van der Waals surface area contributed by atoms with Crippen LogP contribution >= 0.6 is 0 Å². The zero-order valence-electron chi connectivity index (χ0n) is 20.3. The summed E-state index contributed by atoms with van der Waals surface area (Å²) in [6.07, 6.45) is 4.07. The highest BCUT2D eigenvalue weighted by molar-refractivity contribution is 5.88. The molecule has 0 unspecified atom stereocenters. The lowest BCUT2D eigenvalue weighted by molar-refractivity contribution is 0.0145. The van der Waals surface area contributed by atoms with Gasteiger partial charge in [0.15, 0.2) is 5.43 Å². The maximum absolute atomic E-state index is 12.7. The number of aromatic carboxylic acids is 1. The van der Waals surface area contributed by atoms with Crippen molar-refractivity contribution in [1.29, 1.82) is 0 Å². The number of benzene rings is 1. The normalized spacial score (nSPS) is 19.7. The van der Waals surface area contributed by atoms with Gasteiger partial charge in [-0.2, -0.15) is 5.10 Å². The SMILES string of the molecule is COCCCOc1cc2c(cc1-c1ccn(C)n1)-c1cc(=O)c(C(=O)O)cn1[C@H]1[C@@H]2COC1(C)C. The minimum atomic E-state index is -1.24. The van der Waals surface area contributed by atoms with Gasteiger partial charge in [-0.3, -0.25) is 9.48 Å². The number of carboxylic acids is 1. The van der Waals surface area contributed by atoms with Crippen LogP contribution < -0.4 is 10.2 Å². The second-order valence-corrected chi connectivity index (χ2v) is 9.62. The smallest absolute Gasteiger partial charge is 0.341 e. The van der Waals surface area contributed by atoms with Crippen molar-refractivity contribution >= 4 is 5.97 Å². The summed E-state index contributed by atoms with van der Waals surface area (Å²) in [5.74, 6) is -0.561. The minimum absolute atomic E-state index is 0.0317. The number of methoxy groups -OCH3 is 1. The van der Waals surface area contributed by atoms with E-state index in [2.05, 4.69) is 5.10 Å². The molecule has 2 aromatic heterocycles. The van der Waals surface area contributed by atoms with Crippen LogP contribution in [0.2, 0.25) is 0 Å². The van der Waals surface area contributed by atoms with Crippen LogP contribution in [0.3, 0.4) is 0 Å². The zero-order chi connectivity index (χ0) is 24.9. The van der Waals surface area contributed by atoms with E-state index in [0.717, 1.165) is 28.8 Å². The number of aromatic nitrogens is 3. The fourth-order valence-electron chi connectivity index (χ4n) is 5.30. The second kappa shape index (κ2) is 8.66. The summed E-state index contributed by atoms with van der Waals surface area (Å²) < 4.78 is 21.2. The highest BCUT2D eigenvalue weighted by Crippen LogP contribution is 2.54. The fraction of sp³-hybridized carbons (Fsp3) is 0.423. The number of carboxylic acid groups (broad SMARTS) is 1. The number of aryl methyl sites for hydroxylation is 1. The van der Waals surface area contributed by atoms with E-state index in [1.54, 1.807) is 11.8 Å². The molecule has 2 atom stereocenters. The van der Waals surface area contributed by atoms with Crippen molar-refractivity contribution in [2.45, 2.75) is 37.8 Å². The van der Waals surface area contributed by atoms with Crippen LogP contribution in [0.25, 0.3) is 22.5 Å². The third-order valence-electron chi connectivity index (χ3n) is 6.91.